The van der Waals surface area contributed by atoms with Crippen LogP contribution >= 0.6 is 0 Å². The molecule has 0 heterocycles. The summed E-state index contributed by atoms with van der Waals surface area (Å²) in [6, 6.07) is 27.6. The van der Waals surface area contributed by atoms with E-state index in [4.69, 9.17) is 9.88 Å². The first-order valence-electron chi connectivity index (χ1n) is 11.4. The van der Waals surface area contributed by atoms with E-state index in [1.807, 2.05) is 30.3 Å². The van der Waals surface area contributed by atoms with Crippen LogP contribution in [-0.4, -0.2) is 22.7 Å². The number of amides is 1. The largest absolute Gasteiger partial charge is 0.489 e. The van der Waals surface area contributed by atoms with E-state index in [2.05, 4.69) is 10.0 Å². The van der Waals surface area contributed by atoms with Crippen molar-refractivity contribution in [2.75, 3.05) is 4.72 Å². The van der Waals surface area contributed by atoms with Crippen molar-refractivity contribution in [3.63, 3.8) is 0 Å². The summed E-state index contributed by atoms with van der Waals surface area (Å²) in [6.07, 6.45) is 0. The molecular formula is C27H25N3O6S2. The van der Waals surface area contributed by atoms with Crippen LogP contribution in [0.15, 0.2) is 113 Å². The summed E-state index contributed by atoms with van der Waals surface area (Å²) in [5.74, 6) is 0.104. The molecule has 0 aliphatic heterocycles. The minimum Gasteiger partial charge on any atom is -0.489 e. The molecule has 0 radical (unpaired) electrons. The van der Waals surface area contributed by atoms with Gasteiger partial charge in [-0.1, -0.05) is 48.5 Å². The summed E-state index contributed by atoms with van der Waals surface area (Å²) in [5.41, 5.74) is 2.15. The number of nitrogens with two attached hydrogens (primary N) is 1. The molecule has 0 saturated carbocycles. The van der Waals surface area contributed by atoms with Crippen LogP contribution in [0.25, 0.3) is 0 Å². The number of nitrogens with one attached hydrogen (secondary N) is 2. The third-order valence-corrected chi connectivity index (χ3v) is 7.77. The van der Waals surface area contributed by atoms with Crippen LogP contribution in [0.1, 0.15) is 21.5 Å². The second-order valence-corrected chi connectivity index (χ2v) is 11.5. The highest BCUT2D eigenvalue weighted by Gasteiger charge is 2.17. The number of rotatable bonds is 10. The summed E-state index contributed by atoms with van der Waals surface area (Å²) in [5, 5.41) is 7.77. The van der Waals surface area contributed by atoms with Gasteiger partial charge in [0, 0.05) is 17.8 Å². The number of benzene rings is 4. The Kier molecular flexibility index (Phi) is 8.10. The van der Waals surface area contributed by atoms with Crippen LogP contribution in [0.4, 0.5) is 5.69 Å². The lowest BCUT2D eigenvalue weighted by Gasteiger charge is -2.11. The van der Waals surface area contributed by atoms with Crippen LogP contribution in [0.2, 0.25) is 0 Å². The van der Waals surface area contributed by atoms with Gasteiger partial charge in [-0.25, -0.2) is 22.0 Å². The van der Waals surface area contributed by atoms with Gasteiger partial charge in [-0.3, -0.25) is 9.52 Å². The van der Waals surface area contributed by atoms with Crippen LogP contribution < -0.4 is 19.9 Å². The molecule has 9 nitrogen and oxygen atoms in total. The van der Waals surface area contributed by atoms with Gasteiger partial charge in [0.25, 0.3) is 15.9 Å². The van der Waals surface area contributed by atoms with Gasteiger partial charge in [-0.15, -0.1) is 0 Å². The van der Waals surface area contributed by atoms with Crippen molar-refractivity contribution in [3.05, 3.63) is 120 Å². The van der Waals surface area contributed by atoms with Crippen LogP contribution in [0.5, 0.6) is 5.75 Å². The summed E-state index contributed by atoms with van der Waals surface area (Å²) >= 11 is 0. The molecule has 4 N–H and O–H groups in total. The Hall–Kier alpha value is -4.19. The first kappa shape index (κ1) is 26.9. The Bertz CT molecular complexity index is 1620. The monoisotopic (exact) mass is 551 g/mol. The average molecular weight is 552 g/mol. The third-order valence-electron chi connectivity index (χ3n) is 5.47. The zero-order valence-corrected chi connectivity index (χ0v) is 21.7. The minimum absolute atomic E-state index is 0.0349. The Morgan fingerprint density at radius 1 is 0.737 bits per heavy atom. The number of primary sulfonamides is 1. The van der Waals surface area contributed by atoms with E-state index in [0.29, 0.717) is 23.6 Å². The maximum Gasteiger partial charge on any atom is 0.261 e. The van der Waals surface area contributed by atoms with Crippen LogP contribution in [0.3, 0.4) is 0 Å². The van der Waals surface area contributed by atoms with Crippen molar-refractivity contribution < 1.29 is 26.4 Å². The lowest BCUT2D eigenvalue weighted by atomic mass is 10.2. The van der Waals surface area contributed by atoms with Crippen molar-refractivity contribution in [1.29, 1.82) is 0 Å². The van der Waals surface area contributed by atoms with E-state index in [-0.39, 0.29) is 21.9 Å². The molecule has 0 unspecified atom stereocenters. The second kappa shape index (κ2) is 11.5. The zero-order chi connectivity index (χ0) is 27.2. The lowest BCUT2D eigenvalue weighted by molar-refractivity contribution is 0.0950. The SMILES string of the molecule is NS(=O)(=O)c1ccc(CNC(=O)c2cccc(S(=O)(=O)Nc3ccc(OCc4ccccc4)cc3)c2)cc1. The first-order chi connectivity index (χ1) is 18.1. The van der Waals surface area contributed by atoms with Crippen molar-refractivity contribution in [1.82, 2.24) is 5.32 Å². The predicted octanol–water partition coefficient (Wildman–Crippen LogP) is 3.64. The topological polar surface area (TPSA) is 145 Å². The number of carbonyl (C=O) groups excluding carboxylic acids is 1. The normalized spacial score (nSPS) is 11.5. The molecule has 0 fully saturated rings. The average Bonchev–Trinajstić information content (AvgIpc) is 2.91. The molecular weight excluding hydrogens is 526 g/mol. The van der Waals surface area contributed by atoms with Crippen molar-refractivity contribution in [2.45, 2.75) is 22.9 Å². The molecule has 0 aliphatic carbocycles. The van der Waals surface area contributed by atoms with Crippen LogP contribution in [0, 0.1) is 0 Å². The standard InChI is InChI=1S/C27H25N3O6S2/c28-37(32,33)25-15-9-20(10-16-25)18-29-27(31)22-7-4-8-26(17-22)38(34,35)30-23-11-13-24(14-12-23)36-19-21-5-2-1-3-6-21/h1-17,30H,18-19H2,(H,29,31)(H2,28,32,33). The lowest BCUT2D eigenvalue weighted by Crippen LogP contribution is -2.23. The highest BCUT2D eigenvalue weighted by atomic mass is 32.2. The van der Waals surface area contributed by atoms with Crippen molar-refractivity contribution in [2.24, 2.45) is 5.14 Å². The molecule has 4 rings (SSSR count). The van der Waals surface area contributed by atoms with Crippen molar-refractivity contribution >= 4 is 31.6 Å². The number of anilines is 1. The Balaban J connectivity index is 1.37. The molecule has 4 aromatic carbocycles. The van der Waals surface area contributed by atoms with Gasteiger partial charge in [0.15, 0.2) is 0 Å². The molecule has 1 amide bonds. The summed E-state index contributed by atoms with van der Waals surface area (Å²) in [7, 11) is -7.77. The van der Waals surface area contributed by atoms with E-state index in [9.17, 15) is 21.6 Å². The predicted molar refractivity (Wildman–Crippen MR) is 143 cm³/mol. The molecule has 0 spiro atoms. The van der Waals surface area contributed by atoms with Gasteiger partial charge < -0.3 is 10.1 Å². The summed E-state index contributed by atoms with van der Waals surface area (Å²) < 4.78 is 56.8. The Morgan fingerprint density at radius 2 is 1.42 bits per heavy atom. The van der Waals surface area contributed by atoms with Crippen LogP contribution in [-0.2, 0) is 33.2 Å². The number of carbonyl (C=O) groups is 1. The maximum absolute atomic E-state index is 12.9. The summed E-state index contributed by atoms with van der Waals surface area (Å²) in [4.78, 5) is 12.5. The third kappa shape index (κ3) is 7.19. The maximum atomic E-state index is 12.9. The van der Waals surface area contributed by atoms with E-state index < -0.39 is 26.0 Å². The van der Waals surface area contributed by atoms with E-state index >= 15 is 0 Å². The van der Waals surface area contributed by atoms with Gasteiger partial charge in [-0.2, -0.15) is 0 Å². The fourth-order valence-electron chi connectivity index (χ4n) is 3.46. The molecule has 0 saturated heterocycles. The van der Waals surface area contributed by atoms with Gasteiger partial charge in [0.1, 0.15) is 12.4 Å². The minimum atomic E-state index is -3.96. The molecule has 196 valence electrons. The molecule has 4 aromatic rings. The Labute approximate surface area is 221 Å². The van der Waals surface area contributed by atoms with Gasteiger partial charge in [0.2, 0.25) is 10.0 Å². The molecule has 11 heteroatoms. The number of ether oxygens (including phenoxy) is 1. The quantitative estimate of drug-likeness (QED) is 0.274. The molecule has 0 aliphatic rings. The number of sulfonamides is 2. The van der Waals surface area contributed by atoms with E-state index in [1.165, 1.54) is 48.5 Å². The molecule has 38 heavy (non-hydrogen) atoms. The van der Waals surface area contributed by atoms with Crippen molar-refractivity contribution in [3.8, 4) is 5.75 Å². The fraction of sp³-hybridized carbons (Fsp3) is 0.0741. The van der Waals surface area contributed by atoms with E-state index in [0.717, 1.165) is 5.56 Å². The summed E-state index contributed by atoms with van der Waals surface area (Å²) in [6.45, 7) is 0.499. The molecule has 0 aromatic heterocycles. The Morgan fingerprint density at radius 3 is 2.08 bits per heavy atom. The number of hydrogen-bond donors (Lipinski definition) is 3. The van der Waals surface area contributed by atoms with Gasteiger partial charge in [-0.05, 0) is 65.7 Å². The first-order valence-corrected chi connectivity index (χ1v) is 14.4. The number of hydrogen-bond acceptors (Lipinski definition) is 6. The highest BCUT2D eigenvalue weighted by Crippen LogP contribution is 2.21. The van der Waals surface area contributed by atoms with Gasteiger partial charge in [0.05, 0.1) is 9.79 Å². The highest BCUT2D eigenvalue weighted by molar-refractivity contribution is 7.92. The smallest absolute Gasteiger partial charge is 0.261 e. The van der Waals surface area contributed by atoms with Gasteiger partial charge >= 0.3 is 0 Å². The fourth-order valence-corrected chi connectivity index (χ4v) is 5.08. The molecule has 0 bridgehead atoms. The van der Waals surface area contributed by atoms with E-state index in [1.54, 1.807) is 24.3 Å². The molecule has 0 atom stereocenters. The zero-order valence-electron chi connectivity index (χ0n) is 20.1. The second-order valence-electron chi connectivity index (χ2n) is 8.30.